The van der Waals surface area contributed by atoms with E-state index < -0.39 is 11.8 Å². The summed E-state index contributed by atoms with van der Waals surface area (Å²) < 4.78 is 23.5. The molecule has 0 spiro atoms. The second-order valence-corrected chi connectivity index (χ2v) is 9.83. The third-order valence-electron chi connectivity index (χ3n) is 6.14. The van der Waals surface area contributed by atoms with Crippen LogP contribution in [0.5, 0.6) is 0 Å². The van der Waals surface area contributed by atoms with E-state index in [1.807, 2.05) is 75.5 Å². The largest absolute Gasteiger partial charge is 0.455 e. The molecule has 0 fully saturated rings. The first-order valence-electron chi connectivity index (χ1n) is 12.6. The van der Waals surface area contributed by atoms with E-state index in [0.29, 0.717) is 5.56 Å². The lowest BCUT2D eigenvalue weighted by molar-refractivity contribution is 0.411. The second-order valence-electron chi connectivity index (χ2n) is 9.83. The minimum Gasteiger partial charge on any atom is -0.455 e. The van der Waals surface area contributed by atoms with Gasteiger partial charge in [0.05, 0.1) is 5.69 Å². The average Bonchev–Trinajstić information content (AvgIpc) is 3.28. The molecule has 2 heterocycles. The summed E-state index contributed by atoms with van der Waals surface area (Å²) in [6, 6.07) is 30.6. The van der Waals surface area contributed by atoms with Crippen molar-refractivity contribution in [2.24, 2.45) is 5.41 Å². The molecule has 0 N–H and O–H groups in total. The molecule has 0 saturated heterocycles. The predicted molar refractivity (Wildman–Crippen MR) is 143 cm³/mol. The number of para-hydroxylation sites is 1. The molecule has 2 heteroatoms. The molecule has 34 heavy (non-hydrogen) atoms. The molecule has 166 valence electrons. The number of hydrogen-bond donors (Lipinski definition) is 0. The molecule has 0 aliphatic rings. The first-order chi connectivity index (χ1) is 17.2. The molecular weight excluding hydrogens is 414 g/mol. The Hall–Kier alpha value is -3.91. The van der Waals surface area contributed by atoms with Crippen LogP contribution in [0, 0.1) is 5.41 Å². The van der Waals surface area contributed by atoms with Gasteiger partial charge in [-0.1, -0.05) is 87.5 Å². The Kier molecular flexibility index (Phi) is 4.27. The maximum atomic E-state index is 8.58. The van der Waals surface area contributed by atoms with Crippen LogP contribution in [0.2, 0.25) is 0 Å². The topological polar surface area (TPSA) is 26.0 Å². The summed E-state index contributed by atoms with van der Waals surface area (Å²) in [6.07, 6.45) is 0.406. The molecular formula is C32H27NO. The van der Waals surface area contributed by atoms with Crippen LogP contribution >= 0.6 is 0 Å². The van der Waals surface area contributed by atoms with Gasteiger partial charge in [0, 0.05) is 25.3 Å². The van der Waals surface area contributed by atoms with Gasteiger partial charge in [0.15, 0.2) is 0 Å². The fraction of sp³-hybridized carbons (Fsp3) is 0.156. The number of furan rings is 1. The highest BCUT2D eigenvalue weighted by Crippen LogP contribution is 2.40. The Morgan fingerprint density at radius 2 is 1.53 bits per heavy atom. The van der Waals surface area contributed by atoms with Crippen LogP contribution in [0.3, 0.4) is 0 Å². The first kappa shape index (κ1) is 18.5. The molecule has 0 aliphatic heterocycles. The highest BCUT2D eigenvalue weighted by Gasteiger charge is 2.17. The summed E-state index contributed by atoms with van der Waals surface area (Å²) in [6.45, 7) is 5.79. The lowest BCUT2D eigenvalue weighted by Gasteiger charge is -2.18. The van der Waals surface area contributed by atoms with Gasteiger partial charge >= 0.3 is 0 Å². The second kappa shape index (κ2) is 7.85. The van der Waals surface area contributed by atoms with Crippen LogP contribution < -0.4 is 0 Å². The maximum Gasteiger partial charge on any atom is 0.145 e. The predicted octanol–water partition coefficient (Wildman–Crippen LogP) is 9.06. The Labute approximate surface area is 202 Å². The van der Waals surface area contributed by atoms with Crippen molar-refractivity contribution in [3.63, 3.8) is 0 Å². The van der Waals surface area contributed by atoms with Gasteiger partial charge in [-0.2, -0.15) is 0 Å². The number of benzene rings is 4. The minimum absolute atomic E-state index is 0.494. The van der Waals surface area contributed by atoms with Gasteiger partial charge in [-0.3, -0.25) is 4.98 Å². The number of fused-ring (bicyclic) bond motifs is 5. The van der Waals surface area contributed by atoms with Gasteiger partial charge in [0.25, 0.3) is 0 Å². The molecule has 0 radical (unpaired) electrons. The standard InChI is InChI=1S/C32H27NO/c1-32(2,3)20-21-12-14-22(15-13-21)23-16-17-33-28(19-23)27-18-24-8-4-5-9-25(24)30-26-10-6-7-11-29(26)34-31(27)30/h4-19H,20H2,1-3H3/i20D2. The zero-order valence-electron chi connectivity index (χ0n) is 21.6. The van der Waals surface area contributed by atoms with Crippen molar-refractivity contribution >= 4 is 32.7 Å². The van der Waals surface area contributed by atoms with E-state index in [2.05, 4.69) is 42.5 Å². The summed E-state index contributed by atoms with van der Waals surface area (Å²) in [5.41, 5.74) is 5.75. The highest BCUT2D eigenvalue weighted by atomic mass is 16.3. The molecule has 4 aromatic carbocycles. The van der Waals surface area contributed by atoms with Crippen LogP contribution in [0.15, 0.2) is 102 Å². The summed E-state index contributed by atoms with van der Waals surface area (Å²) in [5.74, 6) is 0. The summed E-state index contributed by atoms with van der Waals surface area (Å²) >= 11 is 0. The van der Waals surface area contributed by atoms with Crippen LogP contribution in [0.1, 0.15) is 29.1 Å². The fourth-order valence-electron chi connectivity index (χ4n) is 4.70. The van der Waals surface area contributed by atoms with Crippen molar-refractivity contribution in [3.05, 3.63) is 103 Å². The van der Waals surface area contributed by atoms with E-state index in [0.717, 1.165) is 49.7 Å². The zero-order chi connectivity index (χ0) is 25.1. The van der Waals surface area contributed by atoms with Gasteiger partial charge in [0.2, 0.25) is 0 Å². The van der Waals surface area contributed by atoms with Gasteiger partial charge < -0.3 is 4.42 Å². The summed E-state index contributed by atoms with van der Waals surface area (Å²) in [5, 5.41) is 4.53. The van der Waals surface area contributed by atoms with Crippen molar-refractivity contribution in [2.45, 2.75) is 27.1 Å². The van der Waals surface area contributed by atoms with Crippen molar-refractivity contribution in [1.82, 2.24) is 4.98 Å². The lowest BCUT2D eigenvalue weighted by Crippen LogP contribution is -2.08. The first-order valence-corrected chi connectivity index (χ1v) is 11.6. The molecule has 0 atom stereocenters. The van der Waals surface area contributed by atoms with Crippen LogP contribution in [-0.2, 0) is 6.37 Å². The Morgan fingerprint density at radius 3 is 2.32 bits per heavy atom. The van der Waals surface area contributed by atoms with Gasteiger partial charge in [-0.05, 0) is 63.5 Å². The number of rotatable bonds is 3. The van der Waals surface area contributed by atoms with E-state index in [9.17, 15) is 0 Å². The van der Waals surface area contributed by atoms with Crippen LogP contribution in [-0.4, -0.2) is 4.98 Å². The Balaban J connectivity index is 1.50. The smallest absolute Gasteiger partial charge is 0.145 e. The molecule has 0 saturated carbocycles. The molecule has 2 aromatic heterocycles. The van der Waals surface area contributed by atoms with E-state index in [1.54, 1.807) is 0 Å². The van der Waals surface area contributed by atoms with Gasteiger partial charge in [-0.15, -0.1) is 0 Å². The van der Waals surface area contributed by atoms with Crippen molar-refractivity contribution in [2.75, 3.05) is 0 Å². The quantitative estimate of drug-likeness (QED) is 0.273. The molecule has 0 unspecified atom stereocenters. The van der Waals surface area contributed by atoms with Crippen molar-refractivity contribution in [3.8, 4) is 22.4 Å². The van der Waals surface area contributed by atoms with Crippen molar-refractivity contribution < 1.29 is 7.16 Å². The third kappa shape index (κ3) is 3.66. The van der Waals surface area contributed by atoms with E-state index in [4.69, 9.17) is 12.1 Å². The lowest BCUT2D eigenvalue weighted by atomic mass is 9.87. The van der Waals surface area contributed by atoms with Crippen LogP contribution in [0.4, 0.5) is 0 Å². The number of nitrogens with zero attached hydrogens (tertiary/aromatic N) is 1. The third-order valence-corrected chi connectivity index (χ3v) is 6.14. The number of pyridine rings is 1. The number of aromatic nitrogens is 1. The fourth-order valence-corrected chi connectivity index (χ4v) is 4.70. The molecule has 6 rings (SSSR count). The molecule has 6 aromatic rings. The number of hydrogen-bond acceptors (Lipinski definition) is 2. The van der Waals surface area contributed by atoms with E-state index >= 15 is 0 Å². The zero-order valence-corrected chi connectivity index (χ0v) is 19.6. The highest BCUT2D eigenvalue weighted by molar-refractivity contribution is 6.22. The van der Waals surface area contributed by atoms with E-state index in [1.165, 1.54) is 5.39 Å². The van der Waals surface area contributed by atoms with Crippen molar-refractivity contribution in [1.29, 1.82) is 0 Å². The summed E-state index contributed by atoms with van der Waals surface area (Å²) in [4.78, 5) is 4.73. The van der Waals surface area contributed by atoms with Gasteiger partial charge in [0.1, 0.15) is 11.2 Å². The molecule has 0 bridgehead atoms. The SMILES string of the molecule is [2H]C([2H])(c1ccc(-c2ccnc(-c3cc4ccccc4c4c3oc3ccccc34)c2)cc1)C(C)(C)C. The average molecular weight is 444 g/mol. The minimum atomic E-state index is -1.42. The van der Waals surface area contributed by atoms with E-state index in [-0.39, 0.29) is 0 Å². The monoisotopic (exact) mass is 443 g/mol. The molecule has 0 aliphatic carbocycles. The Morgan fingerprint density at radius 1 is 0.794 bits per heavy atom. The normalized spacial score (nSPS) is 13.4. The maximum absolute atomic E-state index is 8.58. The van der Waals surface area contributed by atoms with Crippen LogP contribution in [0.25, 0.3) is 55.1 Å². The molecule has 2 nitrogen and oxygen atoms in total. The molecule has 0 amide bonds. The van der Waals surface area contributed by atoms with Gasteiger partial charge in [-0.25, -0.2) is 0 Å². The summed E-state index contributed by atoms with van der Waals surface area (Å²) in [7, 11) is 0. The Bertz CT molecular complexity index is 1740.